The van der Waals surface area contributed by atoms with Crippen LogP contribution in [0.4, 0.5) is 13.2 Å². The summed E-state index contributed by atoms with van der Waals surface area (Å²) < 4.78 is 58.9. The molecule has 0 radical (unpaired) electrons. The lowest BCUT2D eigenvalue weighted by molar-refractivity contribution is -0.0517. The van der Waals surface area contributed by atoms with Crippen LogP contribution >= 0.6 is 0 Å². The predicted octanol–water partition coefficient (Wildman–Crippen LogP) is 2.21. The molecule has 4 nitrogen and oxygen atoms in total. The van der Waals surface area contributed by atoms with Gasteiger partial charge in [0.1, 0.15) is 17.3 Å². The van der Waals surface area contributed by atoms with Gasteiger partial charge in [0, 0.05) is 10.9 Å². The molecule has 1 heterocycles. The van der Waals surface area contributed by atoms with Crippen molar-refractivity contribution < 1.29 is 31.2 Å². The van der Waals surface area contributed by atoms with Crippen LogP contribution in [-0.2, 0) is 21.0 Å². The summed E-state index contributed by atoms with van der Waals surface area (Å²) in [6.07, 6.45) is 2.76. The van der Waals surface area contributed by atoms with Crippen molar-refractivity contribution in [2.24, 2.45) is 0 Å². The number of phenols is 1. The van der Waals surface area contributed by atoms with Crippen LogP contribution in [0.15, 0.2) is 29.2 Å². The third-order valence-corrected chi connectivity index (χ3v) is 5.55. The van der Waals surface area contributed by atoms with Gasteiger partial charge in [0.25, 0.3) is 0 Å². The molecular formula is C11H13F3O4S2. The Morgan fingerprint density at radius 2 is 1.50 bits per heavy atom. The van der Waals surface area contributed by atoms with Gasteiger partial charge in [-0.25, -0.2) is 8.42 Å². The fourth-order valence-electron chi connectivity index (χ4n) is 1.53. The first-order valence-electron chi connectivity index (χ1n) is 5.60. The topological polar surface area (TPSA) is 77.4 Å². The SMILES string of the molecule is O=S(=O)([O-])C(F)(F)F.Oc1ccc([S+]2CCCC2)cc1. The summed E-state index contributed by atoms with van der Waals surface area (Å²) in [7, 11) is -5.60. The van der Waals surface area contributed by atoms with E-state index in [9.17, 15) is 13.2 Å². The monoisotopic (exact) mass is 330 g/mol. The highest BCUT2D eigenvalue weighted by atomic mass is 32.2. The summed E-state index contributed by atoms with van der Waals surface area (Å²) in [6.45, 7) is 0. The van der Waals surface area contributed by atoms with Crippen molar-refractivity contribution in [1.29, 1.82) is 0 Å². The van der Waals surface area contributed by atoms with Crippen LogP contribution in [-0.4, -0.2) is 35.1 Å². The van der Waals surface area contributed by atoms with E-state index in [1.165, 1.54) is 29.2 Å². The van der Waals surface area contributed by atoms with Gasteiger partial charge in [0.15, 0.2) is 15.0 Å². The smallest absolute Gasteiger partial charge is 0.485 e. The first-order valence-corrected chi connectivity index (χ1v) is 8.57. The van der Waals surface area contributed by atoms with Crippen LogP contribution in [0.25, 0.3) is 0 Å². The van der Waals surface area contributed by atoms with Gasteiger partial charge in [0.2, 0.25) is 0 Å². The van der Waals surface area contributed by atoms with Crippen molar-refractivity contribution in [3.8, 4) is 5.75 Å². The maximum atomic E-state index is 10.7. The Morgan fingerprint density at radius 3 is 1.85 bits per heavy atom. The maximum absolute atomic E-state index is 10.7. The van der Waals surface area contributed by atoms with Crippen molar-refractivity contribution in [1.82, 2.24) is 0 Å². The minimum atomic E-state index is -6.09. The van der Waals surface area contributed by atoms with E-state index in [4.69, 9.17) is 18.1 Å². The molecule has 0 unspecified atom stereocenters. The molecule has 1 aliphatic rings. The quantitative estimate of drug-likeness (QED) is 0.486. The molecule has 0 atom stereocenters. The van der Waals surface area contributed by atoms with Crippen LogP contribution in [0.3, 0.4) is 0 Å². The third-order valence-electron chi connectivity index (χ3n) is 2.49. The Bertz CT molecular complexity index is 520. The average molecular weight is 330 g/mol. The molecular weight excluding hydrogens is 317 g/mol. The molecule has 0 saturated carbocycles. The molecule has 0 spiro atoms. The Balaban J connectivity index is 0.000000221. The molecule has 0 amide bonds. The molecule has 1 N–H and O–H groups in total. The minimum absolute atomic E-state index is 0.376. The zero-order valence-corrected chi connectivity index (χ0v) is 11.9. The zero-order chi connectivity index (χ0) is 15.4. The van der Waals surface area contributed by atoms with Gasteiger partial charge in [-0.15, -0.1) is 0 Å². The first kappa shape index (κ1) is 17.1. The maximum Gasteiger partial charge on any atom is 0.485 e. The molecule has 114 valence electrons. The van der Waals surface area contributed by atoms with Crippen LogP contribution < -0.4 is 0 Å². The van der Waals surface area contributed by atoms with E-state index in [-0.39, 0.29) is 0 Å². The summed E-state index contributed by atoms with van der Waals surface area (Å²) in [5.74, 6) is 3.08. The van der Waals surface area contributed by atoms with Gasteiger partial charge in [-0.3, -0.25) is 0 Å². The van der Waals surface area contributed by atoms with Crippen molar-refractivity contribution in [2.75, 3.05) is 11.5 Å². The molecule has 1 aromatic carbocycles. The van der Waals surface area contributed by atoms with E-state index in [0.717, 1.165) is 0 Å². The number of halogens is 3. The van der Waals surface area contributed by atoms with Crippen molar-refractivity contribution in [3.05, 3.63) is 24.3 Å². The van der Waals surface area contributed by atoms with E-state index in [0.29, 0.717) is 16.6 Å². The van der Waals surface area contributed by atoms with Gasteiger partial charge < -0.3 is 9.66 Å². The Morgan fingerprint density at radius 1 is 1.10 bits per heavy atom. The van der Waals surface area contributed by atoms with Gasteiger partial charge >= 0.3 is 5.51 Å². The number of aromatic hydroxyl groups is 1. The lowest BCUT2D eigenvalue weighted by atomic mass is 10.3. The second-order valence-electron chi connectivity index (χ2n) is 4.00. The fourth-order valence-corrected chi connectivity index (χ4v) is 3.83. The molecule has 1 fully saturated rings. The van der Waals surface area contributed by atoms with Gasteiger partial charge in [-0.05, 0) is 37.1 Å². The van der Waals surface area contributed by atoms with Crippen LogP contribution in [0.1, 0.15) is 12.8 Å². The highest BCUT2D eigenvalue weighted by molar-refractivity contribution is 7.97. The van der Waals surface area contributed by atoms with Crippen molar-refractivity contribution in [2.45, 2.75) is 23.2 Å². The molecule has 0 aliphatic carbocycles. The highest BCUT2D eigenvalue weighted by Crippen LogP contribution is 2.24. The lowest BCUT2D eigenvalue weighted by Crippen LogP contribution is -2.21. The number of rotatable bonds is 1. The summed E-state index contributed by atoms with van der Waals surface area (Å²) >= 11 is 0. The van der Waals surface area contributed by atoms with Crippen molar-refractivity contribution >= 4 is 21.0 Å². The number of alkyl halides is 3. The molecule has 9 heteroatoms. The Hall–Kier alpha value is -0.930. The van der Waals surface area contributed by atoms with E-state index in [1.807, 2.05) is 0 Å². The van der Waals surface area contributed by atoms with E-state index >= 15 is 0 Å². The number of benzene rings is 1. The predicted molar refractivity (Wildman–Crippen MR) is 68.5 cm³/mol. The largest absolute Gasteiger partial charge is 0.741 e. The molecule has 1 aromatic rings. The van der Waals surface area contributed by atoms with E-state index in [2.05, 4.69) is 12.1 Å². The molecule has 1 saturated heterocycles. The van der Waals surface area contributed by atoms with Crippen LogP contribution in [0, 0.1) is 0 Å². The second kappa shape index (κ2) is 6.68. The van der Waals surface area contributed by atoms with E-state index in [1.54, 1.807) is 12.1 Å². The van der Waals surface area contributed by atoms with Gasteiger partial charge in [-0.1, -0.05) is 0 Å². The Kier molecular flexibility index (Phi) is 5.72. The zero-order valence-electron chi connectivity index (χ0n) is 10.3. The molecule has 0 aromatic heterocycles. The minimum Gasteiger partial charge on any atom is -0.741 e. The molecule has 1 aliphatic heterocycles. The number of phenolic OH excluding ortho intramolecular Hbond substituents is 1. The van der Waals surface area contributed by atoms with Gasteiger partial charge in [0.05, 0.1) is 0 Å². The lowest BCUT2D eigenvalue weighted by Gasteiger charge is -2.08. The molecule has 2 rings (SSSR count). The van der Waals surface area contributed by atoms with Crippen molar-refractivity contribution in [3.63, 3.8) is 0 Å². The average Bonchev–Trinajstić information content (AvgIpc) is 2.81. The van der Waals surface area contributed by atoms with Gasteiger partial charge in [-0.2, -0.15) is 13.2 Å². The van der Waals surface area contributed by atoms with Crippen LogP contribution in [0.2, 0.25) is 0 Å². The second-order valence-corrected chi connectivity index (χ2v) is 7.65. The summed E-state index contributed by atoms with van der Waals surface area (Å²) in [5, 5.41) is 9.10. The first-order chi connectivity index (χ1) is 9.11. The number of hydrogen-bond donors (Lipinski definition) is 1. The highest BCUT2D eigenvalue weighted by Gasteiger charge is 2.36. The number of hydrogen-bond acceptors (Lipinski definition) is 4. The summed E-state index contributed by atoms with van der Waals surface area (Å²) in [5.41, 5.74) is -5.65. The normalized spacial score (nSPS) is 16.6. The molecule has 0 bridgehead atoms. The summed E-state index contributed by atoms with van der Waals surface area (Å²) in [4.78, 5) is 1.42. The third kappa shape index (κ3) is 5.22. The fraction of sp³-hybridized carbons (Fsp3) is 0.455. The Labute approximate surface area is 117 Å². The van der Waals surface area contributed by atoms with Crippen LogP contribution in [0.5, 0.6) is 5.75 Å². The standard InChI is InChI=1S/C10H12OS.CHF3O3S/c11-9-3-5-10(6-4-9)12-7-1-2-8-12;2-1(3,4)8(5,6)7/h3-6H,1-2,7-8H2;(H,5,6,7). The molecule has 20 heavy (non-hydrogen) atoms. The summed E-state index contributed by atoms with van der Waals surface area (Å²) in [6, 6.07) is 7.70. The van der Waals surface area contributed by atoms with E-state index < -0.39 is 15.6 Å².